The van der Waals surface area contributed by atoms with Crippen LogP contribution in [-0.2, 0) is 21.4 Å². The maximum Gasteiger partial charge on any atom is 0.244 e. The van der Waals surface area contributed by atoms with Crippen LogP contribution in [-0.4, -0.2) is 31.7 Å². The third-order valence-electron chi connectivity index (χ3n) is 4.84. The first-order valence-corrected chi connectivity index (χ1v) is 11.0. The Balaban J connectivity index is 1.58. The summed E-state index contributed by atoms with van der Waals surface area (Å²) in [5.41, 5.74) is 1.99. The van der Waals surface area contributed by atoms with E-state index in [0.29, 0.717) is 24.2 Å². The number of nitrogens with one attached hydrogen (secondary N) is 1. The Kier molecular flexibility index (Phi) is 6.81. The predicted octanol–water partition coefficient (Wildman–Crippen LogP) is 3.06. The molecule has 1 heterocycles. The average molecular weight is 410 g/mol. The number of carbonyl (C=O) groups excluding carboxylic acids is 1. The Hall–Kier alpha value is -2.95. The zero-order chi connectivity index (χ0) is 20.7. The van der Waals surface area contributed by atoms with Gasteiger partial charge in [0.15, 0.2) is 0 Å². The van der Waals surface area contributed by atoms with E-state index in [4.69, 9.17) is 5.26 Å². The molecule has 1 aliphatic heterocycles. The summed E-state index contributed by atoms with van der Waals surface area (Å²) in [4.78, 5) is 12.3. The minimum atomic E-state index is -3.45. The molecule has 6 nitrogen and oxygen atoms in total. The van der Waals surface area contributed by atoms with Gasteiger partial charge >= 0.3 is 0 Å². The van der Waals surface area contributed by atoms with Crippen molar-refractivity contribution < 1.29 is 13.2 Å². The number of piperidine rings is 1. The fraction of sp³-hybridized carbons (Fsp3) is 0.273. The van der Waals surface area contributed by atoms with Crippen LogP contribution in [0.1, 0.15) is 36.0 Å². The van der Waals surface area contributed by atoms with Crippen molar-refractivity contribution in [2.45, 2.75) is 30.7 Å². The molecule has 0 radical (unpaired) electrons. The molecule has 0 atom stereocenters. The van der Waals surface area contributed by atoms with Crippen molar-refractivity contribution in [3.05, 3.63) is 71.3 Å². The number of hydrogen-bond donors (Lipinski definition) is 1. The van der Waals surface area contributed by atoms with Crippen LogP contribution in [0.5, 0.6) is 0 Å². The summed E-state index contributed by atoms with van der Waals surface area (Å²) in [5, 5.41) is 11.8. The maximum absolute atomic E-state index is 12.7. The van der Waals surface area contributed by atoms with Gasteiger partial charge in [-0.3, -0.25) is 4.79 Å². The van der Waals surface area contributed by atoms with Gasteiger partial charge < -0.3 is 5.32 Å². The van der Waals surface area contributed by atoms with Gasteiger partial charge in [0.1, 0.15) is 0 Å². The molecule has 2 aromatic carbocycles. The monoisotopic (exact) mass is 409 g/mol. The summed E-state index contributed by atoms with van der Waals surface area (Å²) in [6.07, 6.45) is 5.85. The van der Waals surface area contributed by atoms with Crippen LogP contribution < -0.4 is 5.32 Å². The van der Waals surface area contributed by atoms with E-state index < -0.39 is 10.0 Å². The van der Waals surface area contributed by atoms with E-state index in [-0.39, 0.29) is 17.3 Å². The first kappa shape index (κ1) is 20.8. The Morgan fingerprint density at radius 2 is 1.76 bits per heavy atom. The van der Waals surface area contributed by atoms with E-state index in [0.717, 1.165) is 24.8 Å². The van der Waals surface area contributed by atoms with Crippen LogP contribution in [0.15, 0.2) is 59.5 Å². The van der Waals surface area contributed by atoms with Gasteiger partial charge in [0.05, 0.1) is 16.5 Å². The fourth-order valence-electron chi connectivity index (χ4n) is 3.19. The van der Waals surface area contributed by atoms with Crippen molar-refractivity contribution in [2.24, 2.45) is 0 Å². The summed E-state index contributed by atoms with van der Waals surface area (Å²) in [6, 6.07) is 15.7. The van der Waals surface area contributed by atoms with Crippen LogP contribution in [0.4, 0.5) is 0 Å². The van der Waals surface area contributed by atoms with E-state index in [1.54, 1.807) is 54.6 Å². The third-order valence-corrected chi connectivity index (χ3v) is 6.75. The van der Waals surface area contributed by atoms with Gasteiger partial charge in [-0.1, -0.05) is 36.8 Å². The standard InChI is InChI=1S/C22H23N3O3S/c23-16-20-7-3-2-6-19(20)10-13-22(26)24-17-18-8-11-21(12-9-18)29(27,28)25-14-4-1-5-15-25/h2-3,6-13H,1,4-5,14-15,17H2,(H,24,26)/b13-10+. The summed E-state index contributed by atoms with van der Waals surface area (Å²) >= 11 is 0. The van der Waals surface area contributed by atoms with Gasteiger partial charge in [-0.25, -0.2) is 8.42 Å². The predicted molar refractivity (Wildman–Crippen MR) is 111 cm³/mol. The van der Waals surface area contributed by atoms with Gasteiger partial charge in [-0.05, 0) is 48.2 Å². The second kappa shape index (κ2) is 9.50. The third kappa shape index (κ3) is 5.31. The molecule has 0 unspecified atom stereocenters. The van der Waals surface area contributed by atoms with E-state index in [2.05, 4.69) is 11.4 Å². The highest BCUT2D eigenvalue weighted by molar-refractivity contribution is 7.89. The van der Waals surface area contributed by atoms with Gasteiger partial charge in [0.25, 0.3) is 0 Å². The number of rotatable bonds is 6. The molecule has 1 fully saturated rings. The molecule has 1 saturated heterocycles. The topological polar surface area (TPSA) is 90.3 Å². The van der Waals surface area contributed by atoms with E-state index >= 15 is 0 Å². The van der Waals surface area contributed by atoms with E-state index in [1.165, 1.54) is 10.4 Å². The minimum absolute atomic E-state index is 0.280. The van der Waals surface area contributed by atoms with Crippen molar-refractivity contribution >= 4 is 22.0 Å². The van der Waals surface area contributed by atoms with Crippen LogP contribution in [0.2, 0.25) is 0 Å². The number of hydrogen-bond acceptors (Lipinski definition) is 4. The maximum atomic E-state index is 12.7. The molecule has 1 N–H and O–H groups in total. The van der Waals surface area contributed by atoms with Gasteiger partial charge in [-0.15, -0.1) is 0 Å². The van der Waals surface area contributed by atoms with Crippen LogP contribution in [0.3, 0.4) is 0 Å². The minimum Gasteiger partial charge on any atom is -0.348 e. The van der Waals surface area contributed by atoms with E-state index in [1.807, 2.05) is 0 Å². The summed E-state index contributed by atoms with van der Waals surface area (Å²) < 4.78 is 26.9. The van der Waals surface area contributed by atoms with Crippen molar-refractivity contribution in [1.82, 2.24) is 9.62 Å². The quantitative estimate of drug-likeness (QED) is 0.743. The Labute approximate surface area is 171 Å². The molecule has 0 aromatic heterocycles. The molecule has 0 saturated carbocycles. The summed E-state index contributed by atoms with van der Waals surface area (Å²) in [5.74, 6) is -0.289. The molecule has 3 rings (SSSR count). The lowest BCUT2D eigenvalue weighted by atomic mass is 10.1. The number of nitrogens with zero attached hydrogens (tertiary/aromatic N) is 2. The van der Waals surface area contributed by atoms with Crippen molar-refractivity contribution in [1.29, 1.82) is 5.26 Å². The highest BCUT2D eigenvalue weighted by Crippen LogP contribution is 2.20. The molecule has 7 heteroatoms. The van der Waals surface area contributed by atoms with E-state index in [9.17, 15) is 13.2 Å². The molecule has 2 aromatic rings. The highest BCUT2D eigenvalue weighted by Gasteiger charge is 2.25. The zero-order valence-corrected chi connectivity index (χ0v) is 16.9. The van der Waals surface area contributed by atoms with Crippen molar-refractivity contribution in [3.8, 4) is 6.07 Å². The molecule has 1 aliphatic rings. The molecule has 0 bridgehead atoms. The first-order chi connectivity index (χ1) is 14.0. The largest absolute Gasteiger partial charge is 0.348 e. The fourth-order valence-corrected chi connectivity index (χ4v) is 4.71. The van der Waals surface area contributed by atoms with Gasteiger partial charge in [-0.2, -0.15) is 9.57 Å². The molecule has 29 heavy (non-hydrogen) atoms. The number of benzene rings is 2. The SMILES string of the molecule is N#Cc1ccccc1/C=C/C(=O)NCc1ccc(S(=O)(=O)N2CCCCC2)cc1. The molecule has 0 aliphatic carbocycles. The summed E-state index contributed by atoms with van der Waals surface area (Å²) in [6.45, 7) is 1.43. The second-order valence-electron chi connectivity index (χ2n) is 6.86. The first-order valence-electron chi connectivity index (χ1n) is 9.55. The number of sulfonamides is 1. The van der Waals surface area contributed by atoms with Crippen LogP contribution in [0.25, 0.3) is 6.08 Å². The Bertz CT molecular complexity index is 1030. The average Bonchev–Trinajstić information content (AvgIpc) is 2.77. The summed E-state index contributed by atoms with van der Waals surface area (Å²) in [7, 11) is -3.45. The lowest BCUT2D eigenvalue weighted by Crippen LogP contribution is -2.35. The number of amides is 1. The molecule has 1 amide bonds. The lowest BCUT2D eigenvalue weighted by molar-refractivity contribution is -0.116. The Morgan fingerprint density at radius 1 is 1.07 bits per heavy atom. The molecule has 150 valence electrons. The van der Waals surface area contributed by atoms with Gasteiger partial charge in [0.2, 0.25) is 15.9 Å². The van der Waals surface area contributed by atoms with Crippen LogP contribution >= 0.6 is 0 Å². The zero-order valence-electron chi connectivity index (χ0n) is 16.0. The Morgan fingerprint density at radius 3 is 2.45 bits per heavy atom. The molecule has 0 spiro atoms. The van der Waals surface area contributed by atoms with Crippen molar-refractivity contribution in [2.75, 3.05) is 13.1 Å². The number of nitriles is 1. The second-order valence-corrected chi connectivity index (χ2v) is 8.80. The van der Waals surface area contributed by atoms with Gasteiger partial charge in [0, 0.05) is 25.7 Å². The smallest absolute Gasteiger partial charge is 0.244 e. The molecular formula is C22H23N3O3S. The lowest BCUT2D eigenvalue weighted by Gasteiger charge is -2.25. The highest BCUT2D eigenvalue weighted by atomic mass is 32.2. The van der Waals surface area contributed by atoms with Crippen LogP contribution in [0, 0.1) is 11.3 Å². The normalized spacial score (nSPS) is 15.1. The van der Waals surface area contributed by atoms with Crippen molar-refractivity contribution in [3.63, 3.8) is 0 Å². The molecular weight excluding hydrogens is 386 g/mol. The number of carbonyl (C=O) groups is 1.